The van der Waals surface area contributed by atoms with Gasteiger partial charge < -0.3 is 14.7 Å². The van der Waals surface area contributed by atoms with E-state index in [0.29, 0.717) is 45.3 Å². The number of ether oxygens (including phenoxy) is 1. The molecule has 1 heterocycles. The Balaban J connectivity index is 1.67. The maximum atomic E-state index is 12.7. The van der Waals surface area contributed by atoms with Crippen LogP contribution in [0.4, 0.5) is 18.0 Å². The Bertz CT molecular complexity index is 860. The van der Waals surface area contributed by atoms with E-state index in [-0.39, 0.29) is 5.54 Å². The zero-order chi connectivity index (χ0) is 24.4. The van der Waals surface area contributed by atoms with Gasteiger partial charge in [0.15, 0.2) is 6.10 Å². The molecule has 1 aliphatic heterocycles. The van der Waals surface area contributed by atoms with Gasteiger partial charge in [-0.3, -0.25) is 9.69 Å². The van der Waals surface area contributed by atoms with E-state index in [1.54, 1.807) is 0 Å². The van der Waals surface area contributed by atoms with Gasteiger partial charge in [-0.05, 0) is 57.7 Å². The molecule has 33 heavy (non-hydrogen) atoms. The number of piperidine rings is 1. The van der Waals surface area contributed by atoms with Crippen molar-refractivity contribution in [3.8, 4) is 0 Å². The third-order valence-corrected chi connectivity index (χ3v) is 7.57. The van der Waals surface area contributed by atoms with Crippen LogP contribution in [-0.4, -0.2) is 64.9 Å². The van der Waals surface area contributed by atoms with Gasteiger partial charge in [-0.15, -0.1) is 0 Å². The molecule has 1 amide bonds. The van der Waals surface area contributed by atoms with Crippen molar-refractivity contribution in [3.63, 3.8) is 0 Å². The van der Waals surface area contributed by atoms with Crippen molar-refractivity contribution in [3.05, 3.63) is 35.4 Å². The van der Waals surface area contributed by atoms with E-state index in [1.807, 2.05) is 31.3 Å². The van der Waals surface area contributed by atoms with Gasteiger partial charge in [0.2, 0.25) is 0 Å². The molecule has 1 saturated carbocycles. The molecule has 1 unspecified atom stereocenters. The van der Waals surface area contributed by atoms with Crippen LogP contribution in [0.25, 0.3) is 0 Å². The average Bonchev–Trinajstić information content (AvgIpc) is 3.25. The Labute approximate surface area is 192 Å². The first-order valence-electron chi connectivity index (χ1n) is 11.4. The summed E-state index contributed by atoms with van der Waals surface area (Å²) in [6.45, 7) is 4.04. The predicted molar refractivity (Wildman–Crippen MR) is 117 cm³/mol. The molecular formula is C24H33F3N2O4. The van der Waals surface area contributed by atoms with Crippen molar-refractivity contribution in [2.75, 3.05) is 20.1 Å². The number of carbonyl (C=O) groups excluding carboxylic acids is 1. The van der Waals surface area contributed by atoms with E-state index < -0.39 is 29.8 Å². The van der Waals surface area contributed by atoms with Crippen LogP contribution in [0.1, 0.15) is 63.5 Å². The van der Waals surface area contributed by atoms with Crippen LogP contribution >= 0.6 is 0 Å². The van der Waals surface area contributed by atoms with Gasteiger partial charge in [0.05, 0.1) is 5.41 Å². The van der Waals surface area contributed by atoms with E-state index in [9.17, 15) is 27.9 Å². The highest BCUT2D eigenvalue weighted by atomic mass is 19.4. The summed E-state index contributed by atoms with van der Waals surface area (Å²) in [6, 6.07) is 7.70. The number of hydrogen-bond donors (Lipinski definition) is 1. The third kappa shape index (κ3) is 5.28. The molecular weight excluding hydrogens is 437 g/mol. The summed E-state index contributed by atoms with van der Waals surface area (Å²) in [7, 11) is 1.97. The molecule has 1 N–H and O–H groups in total. The van der Waals surface area contributed by atoms with Crippen molar-refractivity contribution in [1.82, 2.24) is 9.80 Å². The maximum Gasteiger partial charge on any atom is 0.425 e. The molecule has 184 valence electrons. The minimum atomic E-state index is -4.58. The smallest absolute Gasteiger partial charge is 0.425 e. The predicted octanol–water partition coefficient (Wildman–Crippen LogP) is 4.96. The molecule has 1 aromatic carbocycles. The monoisotopic (exact) mass is 470 g/mol. The first-order valence-corrected chi connectivity index (χ1v) is 11.4. The number of aliphatic carboxylic acids is 1. The highest BCUT2D eigenvalue weighted by Crippen LogP contribution is 2.43. The summed E-state index contributed by atoms with van der Waals surface area (Å²) in [5.41, 5.74) is 0.714. The molecule has 0 radical (unpaired) electrons. The number of amides is 1. The van der Waals surface area contributed by atoms with Gasteiger partial charge in [0.25, 0.3) is 0 Å². The largest absolute Gasteiger partial charge is 0.481 e. The standard InChI is InChI=1S/C24H33F3N2O4/c1-17(24(25,26)27)33-21(32)29-14-12-22(2,13-15-29)28(3)16-18-8-4-5-9-19(18)23(20(30)31)10-6-7-11-23/h4-5,8-9,17H,6-7,10-16H2,1-3H3,(H,30,31). The fourth-order valence-corrected chi connectivity index (χ4v) is 4.99. The average molecular weight is 471 g/mol. The molecule has 1 atom stereocenters. The Hall–Kier alpha value is -2.29. The highest BCUT2D eigenvalue weighted by molar-refractivity contribution is 5.82. The summed E-state index contributed by atoms with van der Waals surface area (Å²) in [5, 5.41) is 10.0. The molecule has 9 heteroatoms. The number of benzene rings is 1. The summed E-state index contributed by atoms with van der Waals surface area (Å²) < 4.78 is 42.7. The lowest BCUT2D eigenvalue weighted by Crippen LogP contribution is -2.53. The summed E-state index contributed by atoms with van der Waals surface area (Å²) in [5.74, 6) is -0.777. The molecule has 1 aliphatic carbocycles. The fourth-order valence-electron chi connectivity index (χ4n) is 4.99. The quantitative estimate of drug-likeness (QED) is 0.637. The van der Waals surface area contributed by atoms with Gasteiger partial charge in [0.1, 0.15) is 0 Å². The second kappa shape index (κ2) is 9.52. The number of carboxylic acids is 1. The van der Waals surface area contributed by atoms with Crippen molar-refractivity contribution in [1.29, 1.82) is 0 Å². The summed E-state index contributed by atoms with van der Waals surface area (Å²) in [4.78, 5) is 27.9. The number of carboxylic acid groups (broad SMARTS) is 1. The number of alkyl halides is 3. The third-order valence-electron chi connectivity index (χ3n) is 7.57. The number of carbonyl (C=O) groups is 2. The van der Waals surface area contributed by atoms with Crippen LogP contribution in [0, 0.1) is 0 Å². The van der Waals surface area contributed by atoms with E-state index in [4.69, 9.17) is 0 Å². The first kappa shape index (κ1) is 25.3. The van der Waals surface area contributed by atoms with Crippen molar-refractivity contribution in [2.24, 2.45) is 0 Å². The number of halogens is 3. The minimum Gasteiger partial charge on any atom is -0.481 e. The molecule has 1 saturated heterocycles. The van der Waals surface area contributed by atoms with Gasteiger partial charge in [0, 0.05) is 25.2 Å². The molecule has 0 aromatic heterocycles. The van der Waals surface area contributed by atoms with Crippen LogP contribution < -0.4 is 0 Å². The lowest BCUT2D eigenvalue weighted by atomic mass is 9.76. The molecule has 0 spiro atoms. The number of rotatable bonds is 6. The van der Waals surface area contributed by atoms with E-state index >= 15 is 0 Å². The number of nitrogens with zero attached hydrogens (tertiary/aromatic N) is 2. The Morgan fingerprint density at radius 3 is 2.27 bits per heavy atom. The fraction of sp³-hybridized carbons (Fsp3) is 0.667. The van der Waals surface area contributed by atoms with Crippen LogP contribution in [0.2, 0.25) is 0 Å². The lowest BCUT2D eigenvalue weighted by molar-refractivity contribution is -0.200. The maximum absolute atomic E-state index is 12.7. The zero-order valence-corrected chi connectivity index (χ0v) is 19.5. The molecule has 2 fully saturated rings. The van der Waals surface area contributed by atoms with E-state index in [1.165, 1.54) is 4.90 Å². The second-order valence-electron chi connectivity index (χ2n) is 9.66. The van der Waals surface area contributed by atoms with E-state index in [2.05, 4.69) is 16.6 Å². The van der Waals surface area contributed by atoms with Crippen LogP contribution in [-0.2, 0) is 21.5 Å². The lowest BCUT2D eigenvalue weighted by Gasteiger charge is -2.45. The van der Waals surface area contributed by atoms with Gasteiger partial charge in [-0.2, -0.15) is 13.2 Å². The Kier molecular flexibility index (Phi) is 7.31. The topological polar surface area (TPSA) is 70.1 Å². The zero-order valence-electron chi connectivity index (χ0n) is 19.5. The molecule has 0 bridgehead atoms. The van der Waals surface area contributed by atoms with Crippen molar-refractivity contribution < 1.29 is 32.6 Å². The van der Waals surface area contributed by atoms with Gasteiger partial charge in [-0.25, -0.2) is 4.79 Å². The minimum absolute atomic E-state index is 0.286. The van der Waals surface area contributed by atoms with E-state index in [0.717, 1.165) is 30.9 Å². The molecule has 6 nitrogen and oxygen atoms in total. The summed E-state index contributed by atoms with van der Waals surface area (Å²) >= 11 is 0. The normalized spacial score (nSPS) is 21.1. The Morgan fingerprint density at radius 2 is 1.73 bits per heavy atom. The Morgan fingerprint density at radius 1 is 1.15 bits per heavy atom. The van der Waals surface area contributed by atoms with Crippen LogP contribution in [0.5, 0.6) is 0 Å². The molecule has 2 aliphatic rings. The van der Waals surface area contributed by atoms with Gasteiger partial charge in [-0.1, -0.05) is 37.1 Å². The number of likely N-dealkylation sites (tertiary alicyclic amines) is 1. The SMILES string of the molecule is CC(OC(=O)N1CCC(C)(N(C)Cc2ccccc2C2(C(=O)O)CCCC2)CC1)C(F)(F)F. The highest BCUT2D eigenvalue weighted by Gasteiger charge is 2.45. The van der Waals surface area contributed by atoms with Crippen LogP contribution in [0.3, 0.4) is 0 Å². The van der Waals surface area contributed by atoms with Gasteiger partial charge >= 0.3 is 18.2 Å². The van der Waals surface area contributed by atoms with Crippen molar-refractivity contribution in [2.45, 2.75) is 82.2 Å². The number of hydrogen-bond acceptors (Lipinski definition) is 4. The van der Waals surface area contributed by atoms with Crippen molar-refractivity contribution >= 4 is 12.1 Å². The summed E-state index contributed by atoms with van der Waals surface area (Å²) in [6.07, 6.45) is -3.47. The first-order chi connectivity index (χ1) is 15.4. The second-order valence-corrected chi connectivity index (χ2v) is 9.66. The molecule has 3 rings (SSSR count). The molecule has 1 aromatic rings. The van der Waals surface area contributed by atoms with Crippen LogP contribution in [0.15, 0.2) is 24.3 Å².